The summed E-state index contributed by atoms with van der Waals surface area (Å²) in [4.78, 5) is 18.0. The van der Waals surface area contributed by atoms with Crippen LogP contribution in [0, 0.1) is 6.92 Å². The van der Waals surface area contributed by atoms with Crippen LogP contribution < -0.4 is 14.4 Å². The minimum Gasteiger partial charge on any atom is -0.482 e. The Labute approximate surface area is 173 Å². The molecule has 0 saturated heterocycles. The van der Waals surface area contributed by atoms with Crippen LogP contribution >= 0.6 is 0 Å². The van der Waals surface area contributed by atoms with Crippen LogP contribution in [0.3, 0.4) is 0 Å². The molecule has 1 aliphatic rings. The summed E-state index contributed by atoms with van der Waals surface area (Å²) in [5.74, 6) is 0.794. The number of sulfonamides is 1. The molecule has 1 N–H and O–H groups in total. The van der Waals surface area contributed by atoms with Gasteiger partial charge in [0.25, 0.3) is 5.91 Å². The summed E-state index contributed by atoms with van der Waals surface area (Å²) in [6.07, 6.45) is 0.565. The minimum absolute atomic E-state index is 0.0434. The molecule has 9 nitrogen and oxygen atoms in total. The number of hydrogen-bond acceptors (Lipinski definition) is 7. The van der Waals surface area contributed by atoms with Crippen LogP contribution in [-0.2, 0) is 27.8 Å². The molecule has 156 valence electrons. The van der Waals surface area contributed by atoms with E-state index in [1.807, 2.05) is 30.3 Å². The number of anilines is 1. The minimum atomic E-state index is -3.77. The summed E-state index contributed by atoms with van der Waals surface area (Å²) in [7, 11) is -3.77. The third kappa shape index (κ3) is 4.34. The molecule has 4 rings (SSSR count). The highest BCUT2D eigenvalue weighted by molar-refractivity contribution is 7.89. The number of carbonyl (C=O) groups excluding carboxylic acids is 1. The molecule has 2 aromatic carbocycles. The molecular formula is C20H20N4O5S. The van der Waals surface area contributed by atoms with E-state index in [4.69, 9.17) is 9.26 Å². The van der Waals surface area contributed by atoms with Crippen molar-refractivity contribution in [2.45, 2.75) is 24.8 Å². The van der Waals surface area contributed by atoms with Crippen molar-refractivity contribution in [3.05, 3.63) is 65.8 Å². The van der Waals surface area contributed by atoms with Gasteiger partial charge in [0.2, 0.25) is 15.9 Å². The van der Waals surface area contributed by atoms with Gasteiger partial charge >= 0.3 is 0 Å². The Hall–Kier alpha value is -3.24. The van der Waals surface area contributed by atoms with Gasteiger partial charge in [-0.2, -0.15) is 4.98 Å². The number of fused-ring (bicyclic) bond motifs is 1. The summed E-state index contributed by atoms with van der Waals surface area (Å²) >= 11 is 0. The highest BCUT2D eigenvalue weighted by Crippen LogP contribution is 2.35. The second kappa shape index (κ2) is 8.25. The number of carbonyl (C=O) groups is 1. The normalized spacial score (nSPS) is 13.8. The van der Waals surface area contributed by atoms with Crippen molar-refractivity contribution in [1.29, 1.82) is 0 Å². The fourth-order valence-corrected chi connectivity index (χ4v) is 4.18. The molecule has 1 amide bonds. The quantitative estimate of drug-likeness (QED) is 0.610. The third-order valence-corrected chi connectivity index (χ3v) is 6.06. The first-order valence-electron chi connectivity index (χ1n) is 9.32. The molecule has 0 unspecified atom stereocenters. The van der Waals surface area contributed by atoms with Gasteiger partial charge in [-0.25, -0.2) is 13.1 Å². The fourth-order valence-electron chi connectivity index (χ4n) is 3.13. The number of ether oxygens (including phenoxy) is 1. The average molecular weight is 428 g/mol. The molecule has 2 heterocycles. The fraction of sp³-hybridized carbons (Fsp3) is 0.250. The Morgan fingerprint density at radius 3 is 2.70 bits per heavy atom. The number of aromatic nitrogens is 2. The second-order valence-corrected chi connectivity index (χ2v) is 8.53. The zero-order valence-electron chi connectivity index (χ0n) is 16.2. The maximum Gasteiger partial charge on any atom is 0.265 e. The van der Waals surface area contributed by atoms with E-state index >= 15 is 0 Å². The maximum atomic E-state index is 12.8. The molecule has 0 aliphatic carbocycles. The summed E-state index contributed by atoms with van der Waals surface area (Å²) in [5.41, 5.74) is 1.38. The number of amides is 1. The Kier molecular flexibility index (Phi) is 5.51. The summed E-state index contributed by atoms with van der Waals surface area (Å²) in [5, 5.41) is 3.81. The highest BCUT2D eigenvalue weighted by atomic mass is 32.2. The summed E-state index contributed by atoms with van der Waals surface area (Å²) < 4.78 is 38.5. The van der Waals surface area contributed by atoms with E-state index in [1.165, 1.54) is 17.0 Å². The Balaban J connectivity index is 1.54. The van der Waals surface area contributed by atoms with Gasteiger partial charge < -0.3 is 9.26 Å². The molecule has 30 heavy (non-hydrogen) atoms. The van der Waals surface area contributed by atoms with E-state index in [0.717, 1.165) is 5.56 Å². The smallest absolute Gasteiger partial charge is 0.265 e. The standard InChI is InChI=1S/C20H20N4O5S/c1-14-22-19(23-29-14)12-24-17-11-16(7-8-18(17)28-13-20(24)25)30(26,27)21-10-9-15-5-3-2-4-6-15/h2-8,11,21H,9-10,12-13H2,1H3. The third-order valence-electron chi connectivity index (χ3n) is 4.60. The Morgan fingerprint density at radius 1 is 1.17 bits per heavy atom. The van der Waals surface area contributed by atoms with Crippen LogP contribution in [0.1, 0.15) is 17.3 Å². The number of nitrogens with one attached hydrogen (secondary N) is 1. The van der Waals surface area contributed by atoms with E-state index in [2.05, 4.69) is 14.9 Å². The van der Waals surface area contributed by atoms with Crippen molar-refractivity contribution < 1.29 is 22.5 Å². The van der Waals surface area contributed by atoms with Crippen LogP contribution in [0.4, 0.5) is 5.69 Å². The van der Waals surface area contributed by atoms with Gasteiger partial charge in [0.1, 0.15) is 5.75 Å². The van der Waals surface area contributed by atoms with Gasteiger partial charge in [-0.1, -0.05) is 35.5 Å². The summed E-state index contributed by atoms with van der Waals surface area (Å²) in [6, 6.07) is 14.0. The lowest BCUT2D eigenvalue weighted by atomic mass is 10.2. The van der Waals surface area contributed by atoms with Gasteiger partial charge in [0.15, 0.2) is 12.4 Å². The molecular weight excluding hydrogens is 408 g/mol. The number of nitrogens with zero attached hydrogens (tertiary/aromatic N) is 3. The molecule has 0 spiro atoms. The molecule has 0 fully saturated rings. The zero-order valence-corrected chi connectivity index (χ0v) is 17.1. The van der Waals surface area contributed by atoms with Crippen molar-refractivity contribution in [3.8, 4) is 5.75 Å². The van der Waals surface area contributed by atoms with Crippen LogP contribution in [-0.4, -0.2) is 37.6 Å². The maximum absolute atomic E-state index is 12.8. The molecule has 0 saturated carbocycles. The number of rotatable bonds is 7. The second-order valence-electron chi connectivity index (χ2n) is 6.76. The van der Waals surface area contributed by atoms with E-state index < -0.39 is 10.0 Å². The first-order chi connectivity index (χ1) is 14.4. The van der Waals surface area contributed by atoms with Crippen molar-refractivity contribution in [1.82, 2.24) is 14.9 Å². The summed E-state index contributed by atoms with van der Waals surface area (Å²) in [6.45, 7) is 1.81. The molecule has 1 aromatic heterocycles. The van der Waals surface area contributed by atoms with Crippen molar-refractivity contribution >= 4 is 21.6 Å². The predicted molar refractivity (Wildman–Crippen MR) is 107 cm³/mol. The Morgan fingerprint density at radius 2 is 1.97 bits per heavy atom. The first kappa shape index (κ1) is 20.0. The lowest BCUT2D eigenvalue weighted by Gasteiger charge is -2.28. The Bertz CT molecular complexity index is 1160. The van der Waals surface area contributed by atoms with Crippen LogP contribution in [0.5, 0.6) is 5.75 Å². The number of benzene rings is 2. The van der Waals surface area contributed by atoms with Crippen molar-refractivity contribution in [2.24, 2.45) is 0 Å². The molecule has 0 atom stereocenters. The predicted octanol–water partition coefficient (Wildman–Crippen LogP) is 1.82. The van der Waals surface area contributed by atoms with Gasteiger partial charge in [0.05, 0.1) is 17.1 Å². The van der Waals surface area contributed by atoms with Gasteiger partial charge in [-0.05, 0) is 30.2 Å². The van der Waals surface area contributed by atoms with Gasteiger partial charge in [-0.15, -0.1) is 0 Å². The zero-order chi connectivity index (χ0) is 21.1. The highest BCUT2D eigenvalue weighted by Gasteiger charge is 2.29. The molecule has 3 aromatic rings. The first-order valence-corrected chi connectivity index (χ1v) is 10.8. The molecule has 0 radical (unpaired) electrons. The number of aryl methyl sites for hydroxylation is 1. The topological polar surface area (TPSA) is 115 Å². The van der Waals surface area contributed by atoms with Crippen molar-refractivity contribution in [3.63, 3.8) is 0 Å². The SMILES string of the molecule is Cc1nc(CN2C(=O)COc3ccc(S(=O)(=O)NCCc4ccccc4)cc32)no1. The van der Waals surface area contributed by atoms with Gasteiger partial charge in [0, 0.05) is 13.5 Å². The molecule has 0 bridgehead atoms. The largest absolute Gasteiger partial charge is 0.482 e. The molecule has 10 heteroatoms. The van der Waals surface area contributed by atoms with Crippen LogP contribution in [0.25, 0.3) is 0 Å². The van der Waals surface area contributed by atoms with Gasteiger partial charge in [-0.3, -0.25) is 9.69 Å². The monoisotopic (exact) mass is 428 g/mol. The van der Waals surface area contributed by atoms with E-state index in [9.17, 15) is 13.2 Å². The van der Waals surface area contributed by atoms with E-state index in [-0.39, 0.29) is 30.5 Å². The van der Waals surface area contributed by atoms with Crippen molar-refractivity contribution in [2.75, 3.05) is 18.1 Å². The lowest BCUT2D eigenvalue weighted by Crippen LogP contribution is -2.38. The van der Waals surface area contributed by atoms with Crippen LogP contribution in [0.2, 0.25) is 0 Å². The van der Waals surface area contributed by atoms with Crippen LogP contribution in [0.15, 0.2) is 57.9 Å². The van der Waals surface area contributed by atoms with E-state index in [1.54, 1.807) is 13.0 Å². The average Bonchev–Trinajstić information content (AvgIpc) is 3.15. The lowest BCUT2D eigenvalue weighted by molar-refractivity contribution is -0.121. The molecule has 1 aliphatic heterocycles. The number of hydrogen-bond donors (Lipinski definition) is 1. The van der Waals surface area contributed by atoms with E-state index in [0.29, 0.717) is 29.6 Å².